The second kappa shape index (κ2) is 8.19. The summed E-state index contributed by atoms with van der Waals surface area (Å²) in [5.74, 6) is 0.591. The molecule has 0 fully saturated rings. The second-order valence-corrected chi connectivity index (χ2v) is 4.97. The van der Waals surface area contributed by atoms with Crippen molar-refractivity contribution in [2.75, 3.05) is 11.9 Å². The number of hydrogen-bond acceptors (Lipinski definition) is 4. The van der Waals surface area contributed by atoms with Gasteiger partial charge in [0.15, 0.2) is 5.11 Å². The van der Waals surface area contributed by atoms with E-state index >= 15 is 0 Å². The highest BCUT2D eigenvalue weighted by Crippen LogP contribution is 2.10. The van der Waals surface area contributed by atoms with E-state index in [9.17, 15) is 4.79 Å². The number of rotatable bonds is 6. The first-order valence-corrected chi connectivity index (χ1v) is 7.40. The summed E-state index contributed by atoms with van der Waals surface area (Å²) in [6.07, 6.45) is 1.89. The maximum Gasteiger partial charge on any atom is 0.310 e. The van der Waals surface area contributed by atoms with Gasteiger partial charge in [0.05, 0.1) is 25.8 Å². The number of nitrogens with one attached hydrogen (secondary N) is 2. The van der Waals surface area contributed by atoms with Crippen molar-refractivity contribution in [2.24, 2.45) is 0 Å². The second-order valence-electron chi connectivity index (χ2n) is 4.57. The average Bonchev–Trinajstić information content (AvgIpc) is 3.01. The molecule has 2 N–H and O–H groups in total. The van der Waals surface area contributed by atoms with Crippen LogP contribution in [-0.4, -0.2) is 17.7 Å². The standard InChI is InChI=1S/C16H18N2O3S/c1-2-20-15(19)10-12-5-7-13(8-6-12)18-16(22)17-11-14-4-3-9-21-14/h3-9H,2,10-11H2,1H3,(H2,17,18,22). The van der Waals surface area contributed by atoms with Crippen LogP contribution in [0.4, 0.5) is 5.69 Å². The zero-order chi connectivity index (χ0) is 15.8. The minimum Gasteiger partial charge on any atom is -0.467 e. The lowest BCUT2D eigenvalue weighted by molar-refractivity contribution is -0.142. The van der Waals surface area contributed by atoms with Gasteiger partial charge in [-0.05, 0) is 49.0 Å². The Labute approximate surface area is 134 Å². The Balaban J connectivity index is 1.80. The maximum absolute atomic E-state index is 11.4. The Bertz CT molecular complexity index is 609. The smallest absolute Gasteiger partial charge is 0.310 e. The number of ether oxygens (including phenoxy) is 1. The number of carbonyl (C=O) groups excluding carboxylic acids is 1. The highest BCUT2D eigenvalue weighted by atomic mass is 32.1. The van der Waals surface area contributed by atoms with Crippen LogP contribution < -0.4 is 10.6 Å². The molecule has 0 radical (unpaired) electrons. The van der Waals surface area contributed by atoms with Gasteiger partial charge >= 0.3 is 5.97 Å². The fourth-order valence-electron chi connectivity index (χ4n) is 1.84. The first-order chi connectivity index (χ1) is 10.7. The van der Waals surface area contributed by atoms with E-state index in [1.54, 1.807) is 13.2 Å². The molecule has 0 unspecified atom stereocenters. The first-order valence-electron chi connectivity index (χ1n) is 6.99. The van der Waals surface area contributed by atoms with Crippen LogP contribution in [0.1, 0.15) is 18.2 Å². The highest BCUT2D eigenvalue weighted by molar-refractivity contribution is 7.80. The van der Waals surface area contributed by atoms with Gasteiger partial charge in [0.2, 0.25) is 0 Å². The van der Waals surface area contributed by atoms with Crippen molar-refractivity contribution in [2.45, 2.75) is 19.9 Å². The van der Waals surface area contributed by atoms with Crippen LogP contribution in [0, 0.1) is 0 Å². The summed E-state index contributed by atoms with van der Waals surface area (Å²) in [5, 5.41) is 6.63. The van der Waals surface area contributed by atoms with Crippen molar-refractivity contribution in [3.63, 3.8) is 0 Å². The third-order valence-electron chi connectivity index (χ3n) is 2.87. The molecule has 0 atom stereocenters. The van der Waals surface area contributed by atoms with E-state index in [0.717, 1.165) is 17.0 Å². The summed E-state index contributed by atoms with van der Waals surface area (Å²) in [4.78, 5) is 11.4. The Kier molecular flexibility index (Phi) is 5.97. The van der Waals surface area contributed by atoms with Gasteiger partial charge in [0, 0.05) is 5.69 Å². The Morgan fingerprint density at radius 2 is 2.05 bits per heavy atom. The minimum atomic E-state index is -0.223. The summed E-state index contributed by atoms with van der Waals surface area (Å²) in [7, 11) is 0. The number of thiocarbonyl (C=S) groups is 1. The number of hydrogen-bond donors (Lipinski definition) is 2. The molecule has 1 heterocycles. The van der Waals surface area contributed by atoms with Crippen LogP contribution >= 0.6 is 12.2 Å². The van der Waals surface area contributed by atoms with E-state index < -0.39 is 0 Å². The molecular weight excluding hydrogens is 300 g/mol. The zero-order valence-electron chi connectivity index (χ0n) is 12.3. The van der Waals surface area contributed by atoms with Crippen LogP contribution in [0.3, 0.4) is 0 Å². The largest absolute Gasteiger partial charge is 0.467 e. The van der Waals surface area contributed by atoms with Crippen molar-refractivity contribution >= 4 is 29.0 Å². The van der Waals surface area contributed by atoms with Crippen molar-refractivity contribution < 1.29 is 13.9 Å². The summed E-state index contributed by atoms with van der Waals surface area (Å²) in [5.41, 5.74) is 1.75. The number of carbonyl (C=O) groups is 1. The number of esters is 1. The van der Waals surface area contributed by atoms with E-state index in [2.05, 4.69) is 10.6 Å². The van der Waals surface area contributed by atoms with Crippen LogP contribution in [0.15, 0.2) is 47.1 Å². The fourth-order valence-corrected chi connectivity index (χ4v) is 2.03. The number of anilines is 1. The van der Waals surface area contributed by atoms with Crippen molar-refractivity contribution in [3.8, 4) is 0 Å². The third-order valence-corrected chi connectivity index (χ3v) is 3.12. The molecule has 0 bridgehead atoms. The predicted molar refractivity (Wildman–Crippen MR) is 88.5 cm³/mol. The lowest BCUT2D eigenvalue weighted by Gasteiger charge is -2.10. The SMILES string of the molecule is CCOC(=O)Cc1ccc(NC(=S)NCc2ccco2)cc1. The van der Waals surface area contributed by atoms with Gasteiger partial charge < -0.3 is 19.8 Å². The molecule has 0 amide bonds. The molecule has 0 aliphatic carbocycles. The molecule has 0 aliphatic heterocycles. The summed E-state index contributed by atoms with van der Waals surface area (Å²) in [6, 6.07) is 11.2. The summed E-state index contributed by atoms with van der Waals surface area (Å²) >= 11 is 5.21. The molecule has 1 aromatic carbocycles. The Morgan fingerprint density at radius 1 is 1.27 bits per heavy atom. The van der Waals surface area contributed by atoms with Gasteiger partial charge in [-0.25, -0.2) is 0 Å². The van der Waals surface area contributed by atoms with Gasteiger partial charge in [-0.3, -0.25) is 4.79 Å². The molecule has 22 heavy (non-hydrogen) atoms. The zero-order valence-corrected chi connectivity index (χ0v) is 13.1. The summed E-state index contributed by atoms with van der Waals surface area (Å²) < 4.78 is 10.1. The molecule has 1 aromatic heterocycles. The van der Waals surface area contributed by atoms with Crippen molar-refractivity contribution in [1.82, 2.24) is 5.32 Å². The molecule has 0 saturated carbocycles. The fraction of sp³-hybridized carbons (Fsp3) is 0.250. The monoisotopic (exact) mass is 318 g/mol. The molecule has 116 valence electrons. The Morgan fingerprint density at radius 3 is 2.68 bits per heavy atom. The van der Waals surface area contributed by atoms with Gasteiger partial charge in [0.1, 0.15) is 5.76 Å². The molecule has 2 aromatic rings. The van der Waals surface area contributed by atoms with E-state index in [1.807, 2.05) is 36.4 Å². The van der Waals surface area contributed by atoms with Crippen LogP contribution in [0.25, 0.3) is 0 Å². The van der Waals surface area contributed by atoms with Gasteiger partial charge in [-0.15, -0.1) is 0 Å². The van der Waals surface area contributed by atoms with Gasteiger partial charge in [-0.2, -0.15) is 0 Å². The van der Waals surface area contributed by atoms with Gasteiger partial charge in [-0.1, -0.05) is 12.1 Å². The molecule has 0 spiro atoms. The summed E-state index contributed by atoms with van der Waals surface area (Å²) in [6.45, 7) is 2.72. The minimum absolute atomic E-state index is 0.223. The lowest BCUT2D eigenvalue weighted by atomic mass is 10.1. The molecule has 0 aliphatic rings. The molecule has 0 saturated heterocycles. The van der Waals surface area contributed by atoms with Crippen molar-refractivity contribution in [3.05, 3.63) is 54.0 Å². The highest BCUT2D eigenvalue weighted by Gasteiger charge is 2.04. The van der Waals surface area contributed by atoms with Crippen LogP contribution in [0.5, 0.6) is 0 Å². The topological polar surface area (TPSA) is 63.5 Å². The third kappa shape index (κ3) is 5.21. The number of benzene rings is 1. The van der Waals surface area contributed by atoms with Crippen molar-refractivity contribution in [1.29, 1.82) is 0 Å². The Hall–Kier alpha value is -2.34. The van der Waals surface area contributed by atoms with Crippen LogP contribution in [0.2, 0.25) is 0 Å². The molecular formula is C16H18N2O3S. The van der Waals surface area contributed by atoms with E-state index in [4.69, 9.17) is 21.4 Å². The lowest BCUT2D eigenvalue weighted by Crippen LogP contribution is -2.27. The molecule has 2 rings (SSSR count). The molecule has 5 nitrogen and oxygen atoms in total. The van der Waals surface area contributed by atoms with Gasteiger partial charge in [0.25, 0.3) is 0 Å². The van der Waals surface area contributed by atoms with E-state index in [0.29, 0.717) is 18.3 Å². The number of furan rings is 1. The first kappa shape index (κ1) is 16.0. The normalized spacial score (nSPS) is 10.0. The molecule has 6 heteroatoms. The van der Waals surface area contributed by atoms with E-state index in [1.165, 1.54) is 0 Å². The maximum atomic E-state index is 11.4. The predicted octanol–water partition coefficient (Wildman–Crippen LogP) is 2.87. The quantitative estimate of drug-likeness (QED) is 0.631. The average molecular weight is 318 g/mol. The van der Waals surface area contributed by atoms with E-state index in [-0.39, 0.29) is 12.4 Å². The van der Waals surface area contributed by atoms with Crippen LogP contribution in [-0.2, 0) is 22.5 Å².